The summed E-state index contributed by atoms with van der Waals surface area (Å²) in [7, 11) is 0. The molecule has 0 saturated carbocycles. The lowest BCUT2D eigenvalue weighted by atomic mass is 10.3. The van der Waals surface area contributed by atoms with Crippen LogP contribution < -0.4 is 5.32 Å². The summed E-state index contributed by atoms with van der Waals surface area (Å²) in [6, 6.07) is 7.00. The first-order valence-corrected chi connectivity index (χ1v) is 7.37. The molecule has 0 unspecified atom stereocenters. The van der Waals surface area contributed by atoms with Gasteiger partial charge in [-0.3, -0.25) is 4.79 Å². The third-order valence-electron chi connectivity index (χ3n) is 2.32. The molecular weight excluding hydrogens is 262 g/mol. The Bertz CT molecular complexity index is 396. The second kappa shape index (κ2) is 8.82. The summed E-state index contributed by atoms with van der Waals surface area (Å²) in [6.07, 6.45) is 1.04. The molecule has 0 fully saturated rings. The van der Waals surface area contributed by atoms with Crippen LogP contribution >= 0.6 is 11.8 Å². The predicted molar refractivity (Wildman–Crippen MR) is 77.5 cm³/mol. The number of thioether (sulfide) groups is 1. The number of phenols is 1. The third-order valence-corrected chi connectivity index (χ3v) is 3.38. The van der Waals surface area contributed by atoms with Gasteiger partial charge in [0.1, 0.15) is 5.75 Å². The molecule has 0 aliphatic rings. The number of para-hydroxylation sites is 1. The Morgan fingerprint density at radius 1 is 1.42 bits per heavy atom. The lowest BCUT2D eigenvalue weighted by Crippen LogP contribution is -2.27. The number of aromatic hydroxyl groups is 1. The Morgan fingerprint density at radius 3 is 2.84 bits per heavy atom. The number of phenolic OH excluding ortho intramolecular Hbond substituents is 1. The highest BCUT2D eigenvalue weighted by Crippen LogP contribution is 2.27. The average molecular weight is 283 g/mol. The first-order valence-electron chi connectivity index (χ1n) is 6.38. The topological polar surface area (TPSA) is 58.6 Å². The van der Waals surface area contributed by atoms with Crippen molar-refractivity contribution in [3.63, 3.8) is 0 Å². The van der Waals surface area contributed by atoms with Gasteiger partial charge >= 0.3 is 0 Å². The van der Waals surface area contributed by atoms with E-state index in [9.17, 15) is 9.90 Å². The van der Waals surface area contributed by atoms with Crippen molar-refractivity contribution in [1.29, 1.82) is 0 Å². The number of hydrogen-bond acceptors (Lipinski definition) is 4. The molecule has 0 spiro atoms. The summed E-state index contributed by atoms with van der Waals surface area (Å²) in [5.41, 5.74) is 0. The van der Waals surface area contributed by atoms with Crippen molar-refractivity contribution >= 4 is 17.7 Å². The minimum Gasteiger partial charge on any atom is -0.507 e. The molecule has 0 heterocycles. The van der Waals surface area contributed by atoms with Gasteiger partial charge in [-0.05, 0) is 32.4 Å². The van der Waals surface area contributed by atoms with E-state index in [2.05, 4.69) is 5.32 Å². The van der Waals surface area contributed by atoms with Crippen LogP contribution in [0.25, 0.3) is 0 Å². The molecule has 5 heteroatoms. The quantitative estimate of drug-likeness (QED) is 0.568. The summed E-state index contributed by atoms with van der Waals surface area (Å²) < 4.78 is 5.38. The fourth-order valence-corrected chi connectivity index (χ4v) is 2.17. The van der Waals surface area contributed by atoms with Gasteiger partial charge in [-0.15, -0.1) is 11.8 Å². The van der Waals surface area contributed by atoms with Crippen molar-refractivity contribution in [1.82, 2.24) is 5.32 Å². The summed E-state index contributed by atoms with van der Waals surface area (Å²) in [6.45, 7) is 5.25. The zero-order chi connectivity index (χ0) is 14.1. The van der Waals surface area contributed by atoms with Crippen LogP contribution in [0.15, 0.2) is 29.2 Å². The van der Waals surface area contributed by atoms with Gasteiger partial charge in [-0.1, -0.05) is 12.1 Å². The third kappa shape index (κ3) is 7.08. The van der Waals surface area contributed by atoms with E-state index in [4.69, 9.17) is 4.74 Å². The highest BCUT2D eigenvalue weighted by atomic mass is 32.2. The van der Waals surface area contributed by atoms with Gasteiger partial charge in [0.05, 0.1) is 11.9 Å². The van der Waals surface area contributed by atoms with Crippen molar-refractivity contribution in [2.75, 3.05) is 18.9 Å². The van der Waals surface area contributed by atoms with E-state index < -0.39 is 0 Å². The second-order valence-corrected chi connectivity index (χ2v) is 5.40. The number of hydrogen-bond donors (Lipinski definition) is 2. The summed E-state index contributed by atoms with van der Waals surface area (Å²) >= 11 is 1.33. The molecule has 1 aromatic carbocycles. The zero-order valence-corrected chi connectivity index (χ0v) is 12.2. The average Bonchev–Trinajstić information content (AvgIpc) is 2.37. The summed E-state index contributed by atoms with van der Waals surface area (Å²) in [4.78, 5) is 12.3. The maximum absolute atomic E-state index is 11.6. The monoisotopic (exact) mass is 283 g/mol. The largest absolute Gasteiger partial charge is 0.507 e. The molecule has 4 nitrogen and oxygen atoms in total. The molecule has 0 bridgehead atoms. The highest BCUT2D eigenvalue weighted by molar-refractivity contribution is 8.00. The summed E-state index contributed by atoms with van der Waals surface area (Å²) in [5.74, 6) is 0.492. The Balaban J connectivity index is 2.13. The molecule has 2 N–H and O–H groups in total. The van der Waals surface area contributed by atoms with Gasteiger partial charge in [0, 0.05) is 18.0 Å². The molecule has 1 rings (SSSR count). The van der Waals surface area contributed by atoms with E-state index in [-0.39, 0.29) is 17.8 Å². The minimum atomic E-state index is -0.0298. The number of carbonyl (C=O) groups is 1. The maximum atomic E-state index is 11.6. The number of rotatable bonds is 8. The van der Waals surface area contributed by atoms with Gasteiger partial charge in [0.25, 0.3) is 0 Å². The molecule has 0 aliphatic carbocycles. The summed E-state index contributed by atoms with van der Waals surface area (Å²) in [5, 5.41) is 12.4. The Kier molecular flexibility index (Phi) is 7.36. The smallest absolute Gasteiger partial charge is 0.230 e. The van der Waals surface area contributed by atoms with Gasteiger partial charge in [-0.2, -0.15) is 0 Å². The van der Waals surface area contributed by atoms with Gasteiger partial charge in [0.15, 0.2) is 0 Å². The minimum absolute atomic E-state index is 0.0298. The Hall–Kier alpha value is -1.20. The van der Waals surface area contributed by atoms with Crippen LogP contribution in [0.1, 0.15) is 20.3 Å². The molecule has 0 aromatic heterocycles. The number of amides is 1. The Labute approximate surface area is 118 Å². The second-order valence-electron chi connectivity index (χ2n) is 4.38. The van der Waals surface area contributed by atoms with E-state index in [0.717, 1.165) is 11.3 Å². The lowest BCUT2D eigenvalue weighted by Gasteiger charge is -2.08. The molecule has 0 atom stereocenters. The van der Waals surface area contributed by atoms with Gasteiger partial charge in [-0.25, -0.2) is 0 Å². The highest BCUT2D eigenvalue weighted by Gasteiger charge is 2.05. The van der Waals surface area contributed by atoms with Crippen LogP contribution in [0.4, 0.5) is 0 Å². The fourth-order valence-electron chi connectivity index (χ4n) is 1.39. The van der Waals surface area contributed by atoms with Crippen molar-refractivity contribution in [3.05, 3.63) is 24.3 Å². The molecule has 0 radical (unpaired) electrons. The van der Waals surface area contributed by atoms with Crippen LogP contribution in [0.3, 0.4) is 0 Å². The van der Waals surface area contributed by atoms with Crippen LogP contribution in [-0.4, -0.2) is 36.0 Å². The Morgan fingerprint density at radius 2 is 2.16 bits per heavy atom. The number of nitrogens with one attached hydrogen (secondary N) is 1. The van der Waals surface area contributed by atoms with Gasteiger partial charge < -0.3 is 15.2 Å². The lowest BCUT2D eigenvalue weighted by molar-refractivity contribution is -0.118. The number of benzene rings is 1. The molecule has 0 aliphatic heterocycles. The van der Waals surface area contributed by atoms with Crippen molar-refractivity contribution in [2.45, 2.75) is 31.3 Å². The standard InChI is InChI=1S/C14H21NO3S/c1-11(2)18-9-5-8-15-14(17)10-19-13-7-4-3-6-12(13)16/h3-4,6-7,11,16H,5,8-10H2,1-2H3,(H,15,17). The van der Waals surface area contributed by atoms with E-state index in [1.807, 2.05) is 19.9 Å². The van der Waals surface area contributed by atoms with Crippen LogP contribution in [0.5, 0.6) is 5.75 Å². The van der Waals surface area contributed by atoms with Crippen molar-refractivity contribution in [3.8, 4) is 5.75 Å². The van der Waals surface area contributed by atoms with Gasteiger partial charge in [0.2, 0.25) is 5.91 Å². The van der Waals surface area contributed by atoms with Crippen molar-refractivity contribution in [2.24, 2.45) is 0 Å². The fraction of sp³-hybridized carbons (Fsp3) is 0.500. The number of ether oxygens (including phenoxy) is 1. The van der Waals surface area contributed by atoms with Crippen LogP contribution in [-0.2, 0) is 9.53 Å². The van der Waals surface area contributed by atoms with Crippen LogP contribution in [0, 0.1) is 0 Å². The molecule has 1 amide bonds. The van der Waals surface area contributed by atoms with Crippen LogP contribution in [0.2, 0.25) is 0 Å². The first-order chi connectivity index (χ1) is 9.09. The van der Waals surface area contributed by atoms with E-state index >= 15 is 0 Å². The van der Waals surface area contributed by atoms with Crippen molar-refractivity contribution < 1.29 is 14.6 Å². The van der Waals surface area contributed by atoms with E-state index in [1.54, 1.807) is 18.2 Å². The molecular formula is C14H21NO3S. The zero-order valence-electron chi connectivity index (χ0n) is 11.4. The maximum Gasteiger partial charge on any atom is 0.230 e. The SMILES string of the molecule is CC(C)OCCCNC(=O)CSc1ccccc1O. The van der Waals surface area contributed by atoms with E-state index in [1.165, 1.54) is 11.8 Å². The van der Waals surface area contributed by atoms with E-state index in [0.29, 0.717) is 18.9 Å². The number of carbonyl (C=O) groups excluding carboxylic acids is 1. The normalized spacial score (nSPS) is 10.7. The molecule has 0 saturated heterocycles. The molecule has 19 heavy (non-hydrogen) atoms. The molecule has 106 valence electrons. The first kappa shape index (κ1) is 15.9. The predicted octanol–water partition coefficient (Wildman–Crippen LogP) is 2.42. The molecule has 1 aromatic rings.